The van der Waals surface area contributed by atoms with E-state index in [1.165, 1.54) is 38.5 Å². The SMILES string of the molecule is ClC[C@@H](Cl)CCCCCCCC[C@H](Cl)CCl. The first-order valence-electron chi connectivity index (χ1n) is 6.10. The van der Waals surface area contributed by atoms with Crippen molar-refractivity contribution in [3.8, 4) is 0 Å². The largest absolute Gasteiger partial charge is 0.125 e. The van der Waals surface area contributed by atoms with Gasteiger partial charge in [0.15, 0.2) is 0 Å². The fourth-order valence-corrected chi connectivity index (χ4v) is 2.21. The Morgan fingerprint density at radius 1 is 0.562 bits per heavy atom. The molecule has 0 saturated heterocycles. The number of unbranched alkanes of at least 4 members (excludes halogenated alkanes) is 5. The number of hydrogen-bond acceptors (Lipinski definition) is 0. The fraction of sp³-hybridized carbons (Fsp3) is 1.00. The molecule has 0 radical (unpaired) electrons. The molecule has 0 fully saturated rings. The van der Waals surface area contributed by atoms with Crippen LogP contribution >= 0.6 is 46.4 Å². The molecule has 0 N–H and O–H groups in total. The summed E-state index contributed by atoms with van der Waals surface area (Å²) >= 11 is 23.1. The first-order valence-corrected chi connectivity index (χ1v) is 8.05. The van der Waals surface area contributed by atoms with Crippen LogP contribution < -0.4 is 0 Å². The van der Waals surface area contributed by atoms with Crippen molar-refractivity contribution in [2.24, 2.45) is 0 Å². The van der Waals surface area contributed by atoms with Gasteiger partial charge in [-0.25, -0.2) is 0 Å². The maximum absolute atomic E-state index is 5.92. The van der Waals surface area contributed by atoms with E-state index in [0.29, 0.717) is 11.8 Å². The van der Waals surface area contributed by atoms with E-state index in [0.717, 1.165) is 12.8 Å². The van der Waals surface area contributed by atoms with E-state index in [1.807, 2.05) is 0 Å². The second kappa shape index (κ2) is 12.6. The van der Waals surface area contributed by atoms with Gasteiger partial charge in [0.2, 0.25) is 0 Å². The van der Waals surface area contributed by atoms with Crippen LogP contribution in [-0.4, -0.2) is 22.5 Å². The highest BCUT2D eigenvalue weighted by atomic mass is 35.5. The average molecular weight is 308 g/mol. The Hall–Kier alpha value is 1.16. The molecule has 0 unspecified atom stereocenters. The van der Waals surface area contributed by atoms with Crippen LogP contribution in [0.5, 0.6) is 0 Å². The third-order valence-electron chi connectivity index (χ3n) is 2.62. The van der Waals surface area contributed by atoms with Gasteiger partial charge in [-0.15, -0.1) is 46.4 Å². The second-order valence-corrected chi connectivity index (χ2v) is 6.05. The normalized spacial score (nSPS) is 15.0. The molecule has 0 amide bonds. The Balaban J connectivity index is 3.04. The highest BCUT2D eigenvalue weighted by molar-refractivity contribution is 6.28. The van der Waals surface area contributed by atoms with Crippen molar-refractivity contribution in [2.75, 3.05) is 11.8 Å². The quantitative estimate of drug-likeness (QED) is 0.334. The molecule has 0 rings (SSSR count). The molecule has 2 atom stereocenters. The summed E-state index contributed by atoms with van der Waals surface area (Å²) in [5.74, 6) is 1.13. The van der Waals surface area contributed by atoms with Crippen molar-refractivity contribution in [3.05, 3.63) is 0 Å². The molecule has 0 aromatic heterocycles. The van der Waals surface area contributed by atoms with Crippen molar-refractivity contribution in [1.29, 1.82) is 0 Å². The van der Waals surface area contributed by atoms with Crippen LogP contribution in [0.1, 0.15) is 51.4 Å². The zero-order valence-electron chi connectivity index (χ0n) is 9.74. The minimum atomic E-state index is 0.155. The van der Waals surface area contributed by atoms with Crippen molar-refractivity contribution in [1.82, 2.24) is 0 Å². The Kier molecular flexibility index (Phi) is 13.5. The lowest BCUT2D eigenvalue weighted by atomic mass is 10.1. The van der Waals surface area contributed by atoms with E-state index in [2.05, 4.69) is 0 Å². The molecule has 16 heavy (non-hydrogen) atoms. The van der Waals surface area contributed by atoms with Crippen LogP contribution in [0.4, 0.5) is 0 Å². The Morgan fingerprint density at radius 3 is 1.19 bits per heavy atom. The molecule has 98 valence electrons. The summed E-state index contributed by atoms with van der Waals surface area (Å²) in [4.78, 5) is 0. The van der Waals surface area contributed by atoms with E-state index in [1.54, 1.807) is 0 Å². The molecule has 0 spiro atoms. The zero-order valence-corrected chi connectivity index (χ0v) is 12.8. The molecule has 0 aliphatic rings. The molecule has 0 aromatic rings. The van der Waals surface area contributed by atoms with Gasteiger partial charge in [0.25, 0.3) is 0 Å². The van der Waals surface area contributed by atoms with E-state index in [4.69, 9.17) is 46.4 Å². The predicted octanol–water partition coefficient (Wildman–Crippen LogP) is 5.80. The van der Waals surface area contributed by atoms with E-state index >= 15 is 0 Å². The van der Waals surface area contributed by atoms with Crippen molar-refractivity contribution in [3.63, 3.8) is 0 Å². The standard InChI is InChI=1S/C12H22Cl4/c13-9-11(15)7-5-3-1-2-4-6-8-12(16)10-14/h11-12H,1-10H2/t11-,12-/m0/s1. The zero-order chi connectivity index (χ0) is 12.2. The smallest absolute Gasteiger partial charge is 0.0471 e. The van der Waals surface area contributed by atoms with Gasteiger partial charge in [-0.1, -0.05) is 38.5 Å². The van der Waals surface area contributed by atoms with Crippen LogP contribution in [0, 0.1) is 0 Å². The Labute approximate surface area is 120 Å². The van der Waals surface area contributed by atoms with Crippen molar-refractivity contribution < 1.29 is 0 Å². The summed E-state index contributed by atoms with van der Waals surface area (Å²) in [6.45, 7) is 0. The van der Waals surface area contributed by atoms with Gasteiger partial charge in [0.1, 0.15) is 0 Å². The predicted molar refractivity (Wildman–Crippen MR) is 77.7 cm³/mol. The van der Waals surface area contributed by atoms with Gasteiger partial charge in [0, 0.05) is 22.5 Å². The molecule has 0 aromatic carbocycles. The van der Waals surface area contributed by atoms with Crippen LogP contribution in [-0.2, 0) is 0 Å². The monoisotopic (exact) mass is 306 g/mol. The van der Waals surface area contributed by atoms with Crippen LogP contribution in [0.3, 0.4) is 0 Å². The first kappa shape index (κ1) is 17.2. The van der Waals surface area contributed by atoms with Gasteiger partial charge >= 0.3 is 0 Å². The topological polar surface area (TPSA) is 0 Å². The van der Waals surface area contributed by atoms with Crippen LogP contribution in [0.2, 0.25) is 0 Å². The second-order valence-electron chi connectivity index (χ2n) is 4.20. The third kappa shape index (κ3) is 11.6. The summed E-state index contributed by atoms with van der Waals surface area (Å²) in [5, 5.41) is 0.310. The molecule has 4 heteroatoms. The fourth-order valence-electron chi connectivity index (χ4n) is 1.59. The van der Waals surface area contributed by atoms with E-state index < -0.39 is 0 Å². The molecular weight excluding hydrogens is 286 g/mol. The first-order chi connectivity index (χ1) is 7.70. The minimum absolute atomic E-state index is 0.155. The Morgan fingerprint density at radius 2 is 0.875 bits per heavy atom. The highest BCUT2D eigenvalue weighted by Gasteiger charge is 2.02. The van der Waals surface area contributed by atoms with Crippen molar-refractivity contribution in [2.45, 2.75) is 62.1 Å². The highest BCUT2D eigenvalue weighted by Crippen LogP contribution is 2.15. The summed E-state index contributed by atoms with van der Waals surface area (Å²) in [7, 11) is 0. The van der Waals surface area contributed by atoms with Crippen LogP contribution in [0.15, 0.2) is 0 Å². The lowest BCUT2D eigenvalue weighted by molar-refractivity contribution is 0.566. The number of halogens is 4. The number of hydrogen-bond donors (Lipinski definition) is 0. The lowest BCUT2D eigenvalue weighted by Crippen LogP contribution is -2.00. The van der Waals surface area contributed by atoms with E-state index in [-0.39, 0.29) is 10.8 Å². The van der Waals surface area contributed by atoms with E-state index in [9.17, 15) is 0 Å². The summed E-state index contributed by atoms with van der Waals surface area (Å²) in [6.07, 6.45) is 9.59. The maximum Gasteiger partial charge on any atom is 0.0471 e. The van der Waals surface area contributed by atoms with Gasteiger partial charge in [-0.05, 0) is 12.8 Å². The molecular formula is C12H22Cl4. The molecule has 0 aliphatic carbocycles. The van der Waals surface area contributed by atoms with Crippen molar-refractivity contribution >= 4 is 46.4 Å². The summed E-state index contributed by atoms with van der Waals surface area (Å²) < 4.78 is 0. The third-order valence-corrected chi connectivity index (χ3v) is 4.43. The number of rotatable bonds is 11. The number of alkyl halides is 4. The molecule has 0 heterocycles. The van der Waals surface area contributed by atoms with Gasteiger partial charge < -0.3 is 0 Å². The van der Waals surface area contributed by atoms with Gasteiger partial charge in [0.05, 0.1) is 0 Å². The minimum Gasteiger partial charge on any atom is -0.125 e. The molecule has 0 saturated carbocycles. The summed E-state index contributed by atoms with van der Waals surface area (Å²) in [6, 6.07) is 0. The maximum atomic E-state index is 5.92. The summed E-state index contributed by atoms with van der Waals surface area (Å²) in [5.41, 5.74) is 0. The average Bonchev–Trinajstić information content (AvgIpc) is 2.31. The lowest BCUT2D eigenvalue weighted by Gasteiger charge is -2.06. The molecule has 0 bridgehead atoms. The Bertz CT molecular complexity index is 125. The van der Waals surface area contributed by atoms with Gasteiger partial charge in [-0.3, -0.25) is 0 Å². The van der Waals surface area contributed by atoms with Crippen LogP contribution in [0.25, 0.3) is 0 Å². The molecule has 0 aliphatic heterocycles. The van der Waals surface area contributed by atoms with Gasteiger partial charge in [-0.2, -0.15) is 0 Å². The molecule has 0 nitrogen and oxygen atoms in total.